The van der Waals surface area contributed by atoms with Crippen LogP contribution in [0.2, 0.25) is 0 Å². The summed E-state index contributed by atoms with van der Waals surface area (Å²) in [5, 5.41) is 7.30. The predicted octanol–water partition coefficient (Wildman–Crippen LogP) is 5.83. The van der Waals surface area contributed by atoms with Gasteiger partial charge in [0.15, 0.2) is 0 Å². The van der Waals surface area contributed by atoms with E-state index in [2.05, 4.69) is 85.1 Å². The molecule has 0 radical (unpaired) electrons. The lowest BCUT2D eigenvalue weighted by atomic mass is 10.1. The zero-order chi connectivity index (χ0) is 18.5. The molecule has 0 aliphatic carbocycles. The third kappa shape index (κ3) is 12.4. The molecular formula is C24H38Cl2N2. The van der Waals surface area contributed by atoms with Gasteiger partial charge in [-0.3, -0.25) is 0 Å². The van der Waals surface area contributed by atoms with E-state index in [-0.39, 0.29) is 24.8 Å². The van der Waals surface area contributed by atoms with Crippen molar-refractivity contribution in [1.82, 2.24) is 10.6 Å². The van der Waals surface area contributed by atoms with Gasteiger partial charge in [-0.2, -0.15) is 0 Å². The average molecular weight is 425 g/mol. The number of unbranched alkanes of at least 4 members (excludes halogenated alkanes) is 3. The first-order valence-corrected chi connectivity index (χ1v) is 10.3. The number of hydrogen-bond acceptors (Lipinski definition) is 2. The Hall–Kier alpha value is -1.06. The van der Waals surface area contributed by atoms with Crippen LogP contribution in [0.25, 0.3) is 0 Å². The van der Waals surface area contributed by atoms with Crippen LogP contribution in [0.3, 0.4) is 0 Å². The number of halogens is 2. The van der Waals surface area contributed by atoms with Gasteiger partial charge in [-0.05, 0) is 63.7 Å². The van der Waals surface area contributed by atoms with Crippen LogP contribution in [0.4, 0.5) is 0 Å². The Labute approximate surface area is 184 Å². The number of rotatable bonds is 13. The number of hydrogen-bond donors (Lipinski definition) is 2. The van der Waals surface area contributed by atoms with Crippen molar-refractivity contribution in [3.05, 3.63) is 71.8 Å². The quantitative estimate of drug-likeness (QED) is 0.395. The zero-order valence-electron chi connectivity index (χ0n) is 17.4. The molecule has 0 heterocycles. The van der Waals surface area contributed by atoms with Gasteiger partial charge < -0.3 is 10.6 Å². The molecule has 0 saturated heterocycles. The normalized spacial score (nSPS) is 12.5. The summed E-state index contributed by atoms with van der Waals surface area (Å²) >= 11 is 0. The second-order valence-electron chi connectivity index (χ2n) is 7.50. The molecule has 0 saturated carbocycles. The summed E-state index contributed by atoms with van der Waals surface area (Å²) in [7, 11) is 0. The van der Waals surface area contributed by atoms with E-state index in [1.165, 1.54) is 36.8 Å². The minimum absolute atomic E-state index is 0. The van der Waals surface area contributed by atoms with Crippen LogP contribution in [0.1, 0.15) is 50.7 Å². The first-order chi connectivity index (χ1) is 12.7. The molecule has 0 fully saturated rings. The maximum absolute atomic E-state index is 3.65. The SMILES string of the molecule is CC(Cc1ccccc1)NCCCCCCNC(C)Cc1ccccc1.Cl.Cl. The standard InChI is InChI=1S/C24H36N2.2ClH/c1-21(19-23-13-7-5-8-14-23)25-17-11-3-4-12-18-26-22(2)20-24-15-9-6-10-16-24;;/h5-10,13-16,21-22,25-26H,3-4,11-12,17-20H2,1-2H3;2*1H. The summed E-state index contributed by atoms with van der Waals surface area (Å²) in [4.78, 5) is 0. The predicted molar refractivity (Wildman–Crippen MR) is 128 cm³/mol. The summed E-state index contributed by atoms with van der Waals surface area (Å²) in [5.74, 6) is 0. The minimum atomic E-state index is 0. The van der Waals surface area contributed by atoms with Gasteiger partial charge in [0.1, 0.15) is 0 Å². The topological polar surface area (TPSA) is 24.1 Å². The fraction of sp³-hybridized carbons (Fsp3) is 0.500. The monoisotopic (exact) mass is 424 g/mol. The van der Waals surface area contributed by atoms with Gasteiger partial charge in [0.25, 0.3) is 0 Å². The van der Waals surface area contributed by atoms with E-state index in [4.69, 9.17) is 0 Å². The van der Waals surface area contributed by atoms with Crippen molar-refractivity contribution in [1.29, 1.82) is 0 Å². The van der Waals surface area contributed by atoms with Gasteiger partial charge in [-0.25, -0.2) is 0 Å². The van der Waals surface area contributed by atoms with E-state index in [9.17, 15) is 0 Å². The van der Waals surface area contributed by atoms with Gasteiger partial charge in [0.05, 0.1) is 0 Å². The smallest absolute Gasteiger partial charge is 0.00791 e. The molecule has 2 rings (SSSR count). The minimum Gasteiger partial charge on any atom is -0.314 e. The van der Waals surface area contributed by atoms with Crippen molar-refractivity contribution in [2.75, 3.05) is 13.1 Å². The maximum Gasteiger partial charge on any atom is 0.00791 e. The average Bonchev–Trinajstić information content (AvgIpc) is 2.65. The Kier molecular flexibility index (Phi) is 16.2. The van der Waals surface area contributed by atoms with Gasteiger partial charge >= 0.3 is 0 Å². The van der Waals surface area contributed by atoms with Crippen LogP contribution in [0.15, 0.2) is 60.7 Å². The largest absolute Gasteiger partial charge is 0.314 e. The van der Waals surface area contributed by atoms with Crippen molar-refractivity contribution in [2.24, 2.45) is 0 Å². The van der Waals surface area contributed by atoms with Gasteiger partial charge in [0.2, 0.25) is 0 Å². The summed E-state index contributed by atoms with van der Waals surface area (Å²) in [6, 6.07) is 22.6. The van der Waals surface area contributed by atoms with E-state index in [0.29, 0.717) is 12.1 Å². The number of nitrogens with one attached hydrogen (secondary N) is 2. The van der Waals surface area contributed by atoms with E-state index in [1.807, 2.05) is 0 Å². The molecule has 158 valence electrons. The fourth-order valence-corrected chi connectivity index (χ4v) is 3.38. The molecule has 2 aromatic carbocycles. The van der Waals surface area contributed by atoms with Crippen LogP contribution in [0, 0.1) is 0 Å². The molecule has 2 atom stereocenters. The second-order valence-corrected chi connectivity index (χ2v) is 7.50. The highest BCUT2D eigenvalue weighted by atomic mass is 35.5. The van der Waals surface area contributed by atoms with Crippen LogP contribution >= 0.6 is 24.8 Å². The third-order valence-corrected chi connectivity index (χ3v) is 4.86. The first-order valence-electron chi connectivity index (χ1n) is 10.3. The van der Waals surface area contributed by atoms with Crippen molar-refractivity contribution >= 4 is 24.8 Å². The van der Waals surface area contributed by atoms with Crippen LogP contribution in [-0.2, 0) is 12.8 Å². The first kappa shape index (κ1) is 26.9. The molecule has 0 aliphatic heterocycles. The lowest BCUT2D eigenvalue weighted by Crippen LogP contribution is -2.29. The summed E-state index contributed by atoms with van der Waals surface area (Å²) in [6.45, 7) is 6.83. The van der Waals surface area contributed by atoms with E-state index in [1.54, 1.807) is 0 Å². The molecule has 0 spiro atoms. The highest BCUT2D eigenvalue weighted by Crippen LogP contribution is 2.05. The molecular weight excluding hydrogens is 387 g/mol. The summed E-state index contributed by atoms with van der Waals surface area (Å²) in [6.07, 6.45) is 7.42. The highest BCUT2D eigenvalue weighted by molar-refractivity contribution is 5.85. The molecule has 2 unspecified atom stereocenters. The van der Waals surface area contributed by atoms with E-state index < -0.39 is 0 Å². The third-order valence-electron chi connectivity index (χ3n) is 4.86. The molecule has 2 N–H and O–H groups in total. The van der Waals surface area contributed by atoms with Crippen molar-refractivity contribution in [2.45, 2.75) is 64.5 Å². The zero-order valence-corrected chi connectivity index (χ0v) is 19.0. The second kappa shape index (κ2) is 16.9. The molecule has 0 aromatic heterocycles. The molecule has 0 aliphatic rings. The molecule has 2 nitrogen and oxygen atoms in total. The number of benzene rings is 2. The Morgan fingerprint density at radius 2 is 0.929 bits per heavy atom. The lowest BCUT2D eigenvalue weighted by molar-refractivity contribution is 0.494. The summed E-state index contributed by atoms with van der Waals surface area (Å²) in [5.41, 5.74) is 2.84. The fourth-order valence-electron chi connectivity index (χ4n) is 3.38. The molecule has 2 aromatic rings. The maximum atomic E-state index is 3.65. The highest BCUT2D eigenvalue weighted by Gasteiger charge is 2.03. The Morgan fingerprint density at radius 1 is 0.571 bits per heavy atom. The summed E-state index contributed by atoms with van der Waals surface area (Å²) < 4.78 is 0. The molecule has 0 bridgehead atoms. The van der Waals surface area contributed by atoms with Crippen molar-refractivity contribution < 1.29 is 0 Å². The lowest BCUT2D eigenvalue weighted by Gasteiger charge is -2.15. The van der Waals surface area contributed by atoms with Gasteiger partial charge in [-0.1, -0.05) is 73.5 Å². The molecule has 0 amide bonds. The Morgan fingerprint density at radius 3 is 1.29 bits per heavy atom. The van der Waals surface area contributed by atoms with E-state index >= 15 is 0 Å². The van der Waals surface area contributed by atoms with Crippen molar-refractivity contribution in [3.8, 4) is 0 Å². The van der Waals surface area contributed by atoms with Gasteiger partial charge in [0, 0.05) is 12.1 Å². The molecule has 4 heteroatoms. The Balaban J connectivity index is 0.00000364. The van der Waals surface area contributed by atoms with Crippen LogP contribution in [0.5, 0.6) is 0 Å². The van der Waals surface area contributed by atoms with Crippen LogP contribution in [-0.4, -0.2) is 25.2 Å². The molecule has 28 heavy (non-hydrogen) atoms. The van der Waals surface area contributed by atoms with Crippen molar-refractivity contribution in [3.63, 3.8) is 0 Å². The van der Waals surface area contributed by atoms with E-state index in [0.717, 1.165) is 25.9 Å². The Bertz CT molecular complexity index is 524. The van der Waals surface area contributed by atoms with Crippen LogP contribution < -0.4 is 10.6 Å². The van der Waals surface area contributed by atoms with Gasteiger partial charge in [-0.15, -0.1) is 24.8 Å².